The highest BCUT2D eigenvalue weighted by Crippen LogP contribution is 2.29. The predicted molar refractivity (Wildman–Crippen MR) is 95.9 cm³/mol. The second kappa shape index (κ2) is 7.97. The first kappa shape index (κ1) is 16.5. The zero-order chi connectivity index (χ0) is 16.8. The molecule has 1 N–H and O–H groups in total. The van der Waals surface area contributed by atoms with E-state index in [-0.39, 0.29) is 18.1 Å². The van der Waals surface area contributed by atoms with Crippen LogP contribution in [-0.4, -0.2) is 37.1 Å². The number of hydrogen-bond acceptors (Lipinski definition) is 4. The maximum atomic E-state index is 12.6. The Labute approximate surface area is 143 Å². The molecule has 0 unspecified atom stereocenters. The average molecular weight is 324 g/mol. The molecule has 0 bridgehead atoms. The molecule has 0 radical (unpaired) electrons. The first-order valence-electron chi connectivity index (χ1n) is 8.48. The number of nitrogens with zero attached hydrogens (tertiary/aromatic N) is 1. The van der Waals surface area contributed by atoms with Gasteiger partial charge in [0.2, 0.25) is 0 Å². The fourth-order valence-corrected chi connectivity index (χ4v) is 3.36. The first-order valence-corrected chi connectivity index (χ1v) is 8.48. The van der Waals surface area contributed by atoms with Crippen molar-refractivity contribution in [2.75, 3.05) is 25.5 Å². The molecule has 2 aromatic rings. The van der Waals surface area contributed by atoms with Crippen molar-refractivity contribution in [1.82, 2.24) is 4.90 Å². The third kappa shape index (κ3) is 3.77. The Hall–Kier alpha value is -2.33. The molecule has 1 fully saturated rings. The van der Waals surface area contributed by atoms with Gasteiger partial charge >= 0.3 is 5.97 Å². The van der Waals surface area contributed by atoms with E-state index in [1.165, 1.54) is 7.11 Å². The fourth-order valence-electron chi connectivity index (χ4n) is 3.36. The van der Waals surface area contributed by atoms with Crippen molar-refractivity contribution >= 4 is 11.7 Å². The summed E-state index contributed by atoms with van der Waals surface area (Å²) in [5.41, 5.74) is 2.09. The van der Waals surface area contributed by atoms with Crippen LogP contribution in [0.1, 0.15) is 24.4 Å². The van der Waals surface area contributed by atoms with E-state index in [2.05, 4.69) is 22.3 Å². The molecular formula is C20H24N2O2. The number of carbonyl (C=O) groups is 1. The number of para-hydroxylation sites is 1. The van der Waals surface area contributed by atoms with Crippen molar-refractivity contribution in [2.24, 2.45) is 0 Å². The van der Waals surface area contributed by atoms with E-state index in [9.17, 15) is 4.79 Å². The molecule has 0 aliphatic carbocycles. The molecular weight excluding hydrogens is 300 g/mol. The standard InChI is InChI=1S/C20H24N2O2/c1-24-20(23)19(22-14-8-9-15-22)18(16-10-4-2-5-11-16)21-17-12-6-3-7-13-17/h2-7,10-13,18-19,21H,8-9,14-15H2,1H3/t18-,19-/m0/s1. The molecule has 4 heteroatoms. The molecule has 4 nitrogen and oxygen atoms in total. The minimum Gasteiger partial charge on any atom is -0.468 e. The second-order valence-corrected chi connectivity index (χ2v) is 6.11. The van der Waals surface area contributed by atoms with Crippen LogP contribution in [0.15, 0.2) is 60.7 Å². The molecule has 3 rings (SSSR count). The second-order valence-electron chi connectivity index (χ2n) is 6.11. The maximum Gasteiger partial charge on any atom is 0.325 e. The number of methoxy groups -OCH3 is 1. The summed E-state index contributed by atoms with van der Waals surface area (Å²) in [6, 6.07) is 19.7. The van der Waals surface area contributed by atoms with Crippen LogP contribution in [0.3, 0.4) is 0 Å². The maximum absolute atomic E-state index is 12.6. The van der Waals surface area contributed by atoms with Gasteiger partial charge in [0.25, 0.3) is 0 Å². The highest BCUT2D eigenvalue weighted by molar-refractivity contribution is 5.78. The van der Waals surface area contributed by atoms with Crippen LogP contribution in [0.5, 0.6) is 0 Å². The van der Waals surface area contributed by atoms with Gasteiger partial charge in [-0.05, 0) is 43.6 Å². The Morgan fingerprint density at radius 1 is 1.00 bits per heavy atom. The number of anilines is 1. The van der Waals surface area contributed by atoms with Gasteiger partial charge < -0.3 is 10.1 Å². The lowest BCUT2D eigenvalue weighted by molar-refractivity contribution is -0.147. The SMILES string of the molecule is COC(=O)[C@H]([C@@H](Nc1ccccc1)c1ccccc1)N1CCCC1. The smallest absolute Gasteiger partial charge is 0.325 e. The lowest BCUT2D eigenvalue weighted by atomic mass is 9.97. The van der Waals surface area contributed by atoms with Crippen molar-refractivity contribution in [3.8, 4) is 0 Å². The summed E-state index contributed by atoms with van der Waals surface area (Å²) in [5, 5.41) is 3.54. The van der Waals surface area contributed by atoms with Gasteiger partial charge in [-0.15, -0.1) is 0 Å². The molecule has 24 heavy (non-hydrogen) atoms. The number of ether oxygens (including phenoxy) is 1. The summed E-state index contributed by atoms with van der Waals surface area (Å²) in [4.78, 5) is 14.8. The van der Waals surface area contributed by atoms with Crippen molar-refractivity contribution in [3.05, 3.63) is 66.2 Å². The lowest BCUT2D eigenvalue weighted by Gasteiger charge is -2.33. The van der Waals surface area contributed by atoms with Crippen molar-refractivity contribution in [1.29, 1.82) is 0 Å². The minimum absolute atomic E-state index is 0.154. The zero-order valence-electron chi connectivity index (χ0n) is 14.0. The molecule has 0 spiro atoms. The Balaban J connectivity index is 1.95. The summed E-state index contributed by atoms with van der Waals surface area (Å²) < 4.78 is 5.14. The number of benzene rings is 2. The van der Waals surface area contributed by atoms with E-state index in [1.54, 1.807) is 0 Å². The Morgan fingerprint density at radius 2 is 1.58 bits per heavy atom. The third-order valence-corrected chi connectivity index (χ3v) is 4.55. The third-order valence-electron chi connectivity index (χ3n) is 4.55. The minimum atomic E-state index is -0.333. The summed E-state index contributed by atoms with van der Waals surface area (Å²) in [7, 11) is 1.47. The number of rotatable bonds is 6. The summed E-state index contributed by atoms with van der Waals surface area (Å²) >= 11 is 0. The normalized spacial score (nSPS) is 17.2. The van der Waals surface area contributed by atoms with Crippen LogP contribution < -0.4 is 5.32 Å². The van der Waals surface area contributed by atoms with Gasteiger partial charge in [0.1, 0.15) is 6.04 Å². The van der Waals surface area contributed by atoms with Gasteiger partial charge in [-0.2, -0.15) is 0 Å². The van der Waals surface area contributed by atoms with Crippen molar-refractivity contribution < 1.29 is 9.53 Å². The zero-order valence-corrected chi connectivity index (χ0v) is 14.0. The van der Waals surface area contributed by atoms with Crippen LogP contribution in [-0.2, 0) is 9.53 Å². The average Bonchev–Trinajstić information content (AvgIpc) is 3.17. The molecule has 0 amide bonds. The summed E-state index contributed by atoms with van der Waals surface area (Å²) in [6.07, 6.45) is 2.25. The van der Waals surface area contributed by atoms with Gasteiger partial charge in [-0.25, -0.2) is 0 Å². The van der Waals surface area contributed by atoms with Crippen LogP contribution in [0, 0.1) is 0 Å². The summed E-state index contributed by atoms with van der Waals surface area (Å²) in [5.74, 6) is -0.186. The number of likely N-dealkylation sites (tertiary alicyclic amines) is 1. The molecule has 1 aliphatic heterocycles. The first-order chi connectivity index (χ1) is 11.8. The fraction of sp³-hybridized carbons (Fsp3) is 0.350. The van der Waals surface area contributed by atoms with E-state index >= 15 is 0 Å². The van der Waals surface area contributed by atoms with Gasteiger partial charge in [0.05, 0.1) is 13.2 Å². The molecule has 0 saturated carbocycles. The number of esters is 1. The van der Waals surface area contributed by atoms with Crippen LogP contribution in [0.2, 0.25) is 0 Å². The lowest BCUT2D eigenvalue weighted by Crippen LogP contribution is -2.46. The van der Waals surface area contributed by atoms with E-state index in [0.29, 0.717) is 0 Å². The highest BCUT2D eigenvalue weighted by atomic mass is 16.5. The Morgan fingerprint density at radius 3 is 2.17 bits per heavy atom. The quantitative estimate of drug-likeness (QED) is 0.826. The van der Waals surface area contributed by atoms with Gasteiger partial charge in [-0.3, -0.25) is 9.69 Å². The molecule has 126 valence electrons. The molecule has 1 heterocycles. The predicted octanol–water partition coefficient (Wildman–Crippen LogP) is 3.48. The molecule has 1 aliphatic rings. The topological polar surface area (TPSA) is 41.6 Å². The monoisotopic (exact) mass is 324 g/mol. The van der Waals surface area contributed by atoms with E-state index in [1.807, 2.05) is 48.5 Å². The van der Waals surface area contributed by atoms with Gasteiger partial charge in [0, 0.05) is 5.69 Å². The van der Waals surface area contributed by atoms with E-state index < -0.39 is 0 Å². The van der Waals surface area contributed by atoms with Crippen molar-refractivity contribution in [3.63, 3.8) is 0 Å². The summed E-state index contributed by atoms with van der Waals surface area (Å²) in [6.45, 7) is 1.86. The number of nitrogens with one attached hydrogen (secondary N) is 1. The van der Waals surface area contributed by atoms with E-state index in [0.717, 1.165) is 37.2 Å². The van der Waals surface area contributed by atoms with Gasteiger partial charge in [0.15, 0.2) is 0 Å². The molecule has 0 aromatic heterocycles. The number of carbonyl (C=O) groups excluding carboxylic acids is 1. The van der Waals surface area contributed by atoms with Crippen LogP contribution >= 0.6 is 0 Å². The largest absolute Gasteiger partial charge is 0.468 e. The van der Waals surface area contributed by atoms with E-state index in [4.69, 9.17) is 4.74 Å². The van der Waals surface area contributed by atoms with Crippen LogP contribution in [0.25, 0.3) is 0 Å². The molecule has 1 saturated heterocycles. The van der Waals surface area contributed by atoms with Crippen molar-refractivity contribution in [2.45, 2.75) is 24.9 Å². The molecule has 2 aromatic carbocycles. The molecule has 2 atom stereocenters. The van der Waals surface area contributed by atoms with Gasteiger partial charge in [-0.1, -0.05) is 48.5 Å². The Bertz CT molecular complexity index is 639. The van der Waals surface area contributed by atoms with Crippen LogP contribution in [0.4, 0.5) is 5.69 Å². The Kier molecular flexibility index (Phi) is 5.49. The highest BCUT2D eigenvalue weighted by Gasteiger charge is 2.37. The number of hydrogen-bond donors (Lipinski definition) is 1.